The molecule has 0 spiro atoms. The molecule has 4 heteroatoms. The SMILES string of the molecule is Cn1ncc(CO)c1-c1ccc(F)cc1. The number of halogens is 1. The maximum absolute atomic E-state index is 12.7. The normalized spacial score (nSPS) is 10.6. The number of hydrogen-bond acceptors (Lipinski definition) is 2. The van der Waals surface area contributed by atoms with E-state index < -0.39 is 0 Å². The zero-order valence-electron chi connectivity index (χ0n) is 8.31. The highest BCUT2D eigenvalue weighted by molar-refractivity contribution is 5.63. The van der Waals surface area contributed by atoms with Gasteiger partial charge in [0.25, 0.3) is 0 Å². The minimum atomic E-state index is -0.272. The van der Waals surface area contributed by atoms with Crippen LogP contribution in [-0.4, -0.2) is 14.9 Å². The van der Waals surface area contributed by atoms with Crippen LogP contribution in [-0.2, 0) is 13.7 Å². The molecule has 2 rings (SSSR count). The second-order valence-corrected chi connectivity index (χ2v) is 3.31. The number of aliphatic hydroxyl groups is 1. The fraction of sp³-hybridized carbons (Fsp3) is 0.182. The lowest BCUT2D eigenvalue weighted by atomic mass is 10.1. The highest BCUT2D eigenvalue weighted by Crippen LogP contribution is 2.23. The lowest BCUT2D eigenvalue weighted by Crippen LogP contribution is -1.95. The van der Waals surface area contributed by atoms with E-state index in [0.29, 0.717) is 0 Å². The largest absolute Gasteiger partial charge is 0.392 e. The minimum absolute atomic E-state index is 0.0689. The number of aromatic nitrogens is 2. The molecule has 0 fully saturated rings. The fourth-order valence-electron chi connectivity index (χ4n) is 1.58. The Hall–Kier alpha value is -1.68. The molecule has 3 nitrogen and oxygen atoms in total. The molecule has 0 bridgehead atoms. The Labute approximate surface area is 86.8 Å². The van der Waals surface area contributed by atoms with Crippen LogP contribution in [0.5, 0.6) is 0 Å². The molecular weight excluding hydrogens is 195 g/mol. The van der Waals surface area contributed by atoms with Crippen LogP contribution in [0.2, 0.25) is 0 Å². The molecule has 1 N–H and O–H groups in total. The Morgan fingerprint density at radius 3 is 2.60 bits per heavy atom. The van der Waals surface area contributed by atoms with Crippen LogP contribution in [0.4, 0.5) is 4.39 Å². The second-order valence-electron chi connectivity index (χ2n) is 3.31. The number of nitrogens with zero attached hydrogens (tertiary/aromatic N) is 2. The summed E-state index contributed by atoms with van der Waals surface area (Å²) < 4.78 is 14.4. The Kier molecular flexibility index (Phi) is 2.51. The van der Waals surface area contributed by atoms with Crippen LogP contribution in [0.1, 0.15) is 5.56 Å². The van der Waals surface area contributed by atoms with E-state index in [-0.39, 0.29) is 12.4 Å². The molecular formula is C11H11FN2O. The van der Waals surface area contributed by atoms with E-state index in [0.717, 1.165) is 16.8 Å². The highest BCUT2D eigenvalue weighted by Gasteiger charge is 2.09. The summed E-state index contributed by atoms with van der Waals surface area (Å²) in [4.78, 5) is 0. The van der Waals surface area contributed by atoms with Crippen molar-refractivity contribution in [2.75, 3.05) is 0 Å². The summed E-state index contributed by atoms with van der Waals surface area (Å²) in [5.41, 5.74) is 2.40. The number of aryl methyl sites for hydroxylation is 1. The smallest absolute Gasteiger partial charge is 0.123 e. The first kappa shape index (κ1) is 9.86. The van der Waals surface area contributed by atoms with Gasteiger partial charge in [-0.1, -0.05) is 0 Å². The zero-order valence-corrected chi connectivity index (χ0v) is 8.31. The van der Waals surface area contributed by atoms with Crippen molar-refractivity contribution in [3.8, 4) is 11.3 Å². The van der Waals surface area contributed by atoms with Crippen LogP contribution in [0.3, 0.4) is 0 Å². The van der Waals surface area contributed by atoms with Crippen molar-refractivity contribution in [3.63, 3.8) is 0 Å². The van der Waals surface area contributed by atoms with Gasteiger partial charge < -0.3 is 5.11 Å². The van der Waals surface area contributed by atoms with Crippen molar-refractivity contribution >= 4 is 0 Å². The van der Waals surface area contributed by atoms with Crippen LogP contribution in [0.25, 0.3) is 11.3 Å². The van der Waals surface area contributed by atoms with E-state index >= 15 is 0 Å². The van der Waals surface area contributed by atoms with Crippen molar-refractivity contribution < 1.29 is 9.50 Å². The van der Waals surface area contributed by atoms with E-state index in [1.165, 1.54) is 12.1 Å². The van der Waals surface area contributed by atoms with E-state index in [1.807, 2.05) is 0 Å². The molecule has 1 aromatic carbocycles. The van der Waals surface area contributed by atoms with Crippen molar-refractivity contribution in [3.05, 3.63) is 41.8 Å². The average Bonchev–Trinajstić information content (AvgIpc) is 2.61. The van der Waals surface area contributed by atoms with Crippen LogP contribution in [0.15, 0.2) is 30.5 Å². The number of aliphatic hydroxyl groups excluding tert-OH is 1. The quantitative estimate of drug-likeness (QED) is 0.812. The molecule has 2 aromatic rings. The van der Waals surface area contributed by atoms with Crippen molar-refractivity contribution in [2.45, 2.75) is 6.61 Å². The second kappa shape index (κ2) is 3.82. The Balaban J connectivity index is 2.52. The van der Waals surface area contributed by atoms with E-state index in [9.17, 15) is 4.39 Å². The van der Waals surface area contributed by atoms with Gasteiger partial charge in [-0.2, -0.15) is 5.10 Å². The molecule has 1 heterocycles. The summed E-state index contributed by atoms with van der Waals surface area (Å²) in [6.07, 6.45) is 1.61. The monoisotopic (exact) mass is 206 g/mol. The van der Waals surface area contributed by atoms with Crippen LogP contribution >= 0.6 is 0 Å². The molecule has 0 aliphatic rings. The first-order valence-corrected chi connectivity index (χ1v) is 4.60. The van der Waals surface area contributed by atoms with Gasteiger partial charge in [0.15, 0.2) is 0 Å². The molecule has 0 saturated heterocycles. The number of benzene rings is 1. The summed E-state index contributed by atoms with van der Waals surface area (Å²) in [6.45, 7) is -0.0689. The molecule has 0 aliphatic heterocycles. The first-order valence-electron chi connectivity index (χ1n) is 4.60. The number of hydrogen-bond donors (Lipinski definition) is 1. The Morgan fingerprint density at radius 2 is 2.00 bits per heavy atom. The molecule has 78 valence electrons. The summed E-state index contributed by atoms with van der Waals surface area (Å²) in [7, 11) is 1.79. The maximum atomic E-state index is 12.7. The molecule has 0 unspecified atom stereocenters. The van der Waals surface area contributed by atoms with E-state index in [2.05, 4.69) is 5.10 Å². The van der Waals surface area contributed by atoms with Gasteiger partial charge in [-0.3, -0.25) is 4.68 Å². The standard InChI is InChI=1S/C11H11FN2O/c1-14-11(9(7-15)6-13-14)8-2-4-10(12)5-3-8/h2-6,15H,7H2,1H3. The average molecular weight is 206 g/mol. The van der Waals surface area contributed by atoms with Gasteiger partial charge in [0.1, 0.15) is 5.82 Å². The minimum Gasteiger partial charge on any atom is -0.392 e. The lowest BCUT2D eigenvalue weighted by molar-refractivity contribution is 0.282. The van der Waals surface area contributed by atoms with Gasteiger partial charge >= 0.3 is 0 Å². The summed E-state index contributed by atoms with van der Waals surface area (Å²) in [6, 6.07) is 6.13. The third-order valence-corrected chi connectivity index (χ3v) is 2.30. The van der Waals surface area contributed by atoms with E-state index in [4.69, 9.17) is 5.11 Å². The van der Waals surface area contributed by atoms with Crippen LogP contribution < -0.4 is 0 Å². The van der Waals surface area contributed by atoms with Gasteiger partial charge in [0.05, 0.1) is 18.5 Å². The zero-order chi connectivity index (χ0) is 10.8. The summed E-state index contributed by atoms with van der Waals surface area (Å²) >= 11 is 0. The molecule has 15 heavy (non-hydrogen) atoms. The van der Waals surface area contributed by atoms with Gasteiger partial charge in [0.2, 0.25) is 0 Å². The molecule has 0 aliphatic carbocycles. The molecule has 0 radical (unpaired) electrons. The predicted octanol–water partition coefficient (Wildman–Crippen LogP) is 1.72. The summed E-state index contributed by atoms with van der Waals surface area (Å²) in [5, 5.41) is 13.2. The van der Waals surface area contributed by atoms with Gasteiger partial charge in [-0.05, 0) is 24.3 Å². The lowest BCUT2D eigenvalue weighted by Gasteiger charge is -2.04. The van der Waals surface area contributed by atoms with E-state index in [1.54, 1.807) is 30.1 Å². The van der Waals surface area contributed by atoms with Gasteiger partial charge in [-0.15, -0.1) is 0 Å². The molecule has 0 saturated carbocycles. The topological polar surface area (TPSA) is 38.0 Å². The van der Waals surface area contributed by atoms with Crippen molar-refractivity contribution in [1.29, 1.82) is 0 Å². The first-order chi connectivity index (χ1) is 7.22. The van der Waals surface area contributed by atoms with Crippen molar-refractivity contribution in [2.24, 2.45) is 7.05 Å². The van der Waals surface area contributed by atoms with Crippen LogP contribution in [0, 0.1) is 5.82 Å². The van der Waals surface area contributed by atoms with Crippen molar-refractivity contribution in [1.82, 2.24) is 9.78 Å². The highest BCUT2D eigenvalue weighted by atomic mass is 19.1. The van der Waals surface area contributed by atoms with Gasteiger partial charge in [0, 0.05) is 18.2 Å². The Bertz CT molecular complexity index is 462. The summed E-state index contributed by atoms with van der Waals surface area (Å²) in [5.74, 6) is -0.272. The molecule has 0 amide bonds. The third-order valence-electron chi connectivity index (χ3n) is 2.30. The Morgan fingerprint density at radius 1 is 1.33 bits per heavy atom. The number of rotatable bonds is 2. The molecule has 1 aromatic heterocycles. The third kappa shape index (κ3) is 1.76. The molecule has 0 atom stereocenters. The predicted molar refractivity (Wildman–Crippen MR) is 54.5 cm³/mol. The fourth-order valence-corrected chi connectivity index (χ4v) is 1.58. The maximum Gasteiger partial charge on any atom is 0.123 e. The van der Waals surface area contributed by atoms with Gasteiger partial charge in [-0.25, -0.2) is 4.39 Å².